The van der Waals surface area contributed by atoms with E-state index in [1.54, 1.807) is 11.9 Å². The minimum absolute atomic E-state index is 0.0463. The zero-order valence-corrected chi connectivity index (χ0v) is 10.5. The molecule has 0 unspecified atom stereocenters. The van der Waals surface area contributed by atoms with E-state index in [9.17, 15) is 9.59 Å². The number of anilines is 2. The van der Waals surface area contributed by atoms with E-state index in [1.165, 1.54) is 0 Å². The van der Waals surface area contributed by atoms with E-state index in [0.717, 1.165) is 23.4 Å². The zero-order chi connectivity index (χ0) is 12.4. The molecule has 5 heteroatoms. The van der Waals surface area contributed by atoms with Crippen molar-refractivity contribution in [2.45, 2.75) is 12.8 Å². The number of benzene rings is 1. The summed E-state index contributed by atoms with van der Waals surface area (Å²) in [7, 11) is 1.72. The quantitative estimate of drug-likeness (QED) is 0.781. The van der Waals surface area contributed by atoms with Gasteiger partial charge in [0, 0.05) is 24.8 Å². The van der Waals surface area contributed by atoms with Gasteiger partial charge in [-0.3, -0.25) is 9.59 Å². The van der Waals surface area contributed by atoms with Gasteiger partial charge in [-0.25, -0.2) is 0 Å². The average molecular weight is 250 g/mol. The van der Waals surface area contributed by atoms with Gasteiger partial charge < -0.3 is 10.2 Å². The molecular formula is C12H14N2O2S. The number of amides is 2. The summed E-state index contributed by atoms with van der Waals surface area (Å²) in [6, 6.07) is 5.60. The molecule has 0 radical (unpaired) electrons. The monoisotopic (exact) mass is 250 g/mol. The topological polar surface area (TPSA) is 49.4 Å². The van der Waals surface area contributed by atoms with E-state index in [0.29, 0.717) is 6.42 Å². The lowest BCUT2D eigenvalue weighted by Crippen LogP contribution is -2.27. The van der Waals surface area contributed by atoms with Crippen molar-refractivity contribution in [1.82, 2.24) is 0 Å². The molecule has 1 aromatic rings. The summed E-state index contributed by atoms with van der Waals surface area (Å²) >= 11 is 3.97. The maximum absolute atomic E-state index is 11.5. The van der Waals surface area contributed by atoms with Crippen molar-refractivity contribution in [2.24, 2.45) is 0 Å². The van der Waals surface area contributed by atoms with Crippen LogP contribution in [0.1, 0.15) is 12.0 Å². The molecule has 17 heavy (non-hydrogen) atoms. The highest BCUT2D eigenvalue weighted by Gasteiger charge is 2.16. The number of fused-ring (bicyclic) bond motifs is 1. The number of rotatable bonds is 2. The predicted octanol–water partition coefficient (Wildman–Crippen LogP) is 1.46. The van der Waals surface area contributed by atoms with Gasteiger partial charge >= 0.3 is 0 Å². The molecule has 1 N–H and O–H groups in total. The van der Waals surface area contributed by atoms with Gasteiger partial charge in [-0.05, 0) is 30.2 Å². The Balaban J connectivity index is 2.28. The summed E-state index contributed by atoms with van der Waals surface area (Å²) in [6.07, 6.45) is 1.22. The molecule has 0 spiro atoms. The number of thiol groups is 1. The standard InChI is InChI=1S/C12H14N2O2S/c1-14(12(16)7-17)9-3-4-10-8(6-9)2-5-11(15)13-10/h3-4,6,17H,2,5,7H2,1H3,(H,13,15). The summed E-state index contributed by atoms with van der Waals surface area (Å²) in [5.74, 6) is 0.183. The molecule has 1 aliphatic rings. The number of carbonyl (C=O) groups excluding carboxylic acids is 2. The van der Waals surface area contributed by atoms with Crippen LogP contribution < -0.4 is 10.2 Å². The number of carbonyl (C=O) groups is 2. The second kappa shape index (κ2) is 4.79. The molecule has 0 saturated heterocycles. The Morgan fingerprint density at radius 2 is 2.24 bits per heavy atom. The van der Waals surface area contributed by atoms with Crippen molar-refractivity contribution >= 4 is 35.8 Å². The van der Waals surface area contributed by atoms with Gasteiger partial charge in [0.05, 0.1) is 5.75 Å². The van der Waals surface area contributed by atoms with Crippen LogP contribution in [-0.2, 0) is 16.0 Å². The van der Waals surface area contributed by atoms with Gasteiger partial charge in [0.15, 0.2) is 0 Å². The first kappa shape index (κ1) is 12.0. The maximum Gasteiger partial charge on any atom is 0.236 e. The molecule has 0 fully saturated rings. The lowest BCUT2D eigenvalue weighted by Gasteiger charge is -2.21. The Morgan fingerprint density at radius 3 is 2.94 bits per heavy atom. The Hall–Kier alpha value is -1.49. The van der Waals surface area contributed by atoms with Crippen molar-refractivity contribution < 1.29 is 9.59 Å². The molecule has 4 nitrogen and oxygen atoms in total. The molecule has 1 aliphatic heterocycles. The summed E-state index contributed by atoms with van der Waals surface area (Å²) in [5, 5.41) is 2.81. The highest BCUT2D eigenvalue weighted by atomic mass is 32.1. The normalized spacial score (nSPS) is 13.9. The molecule has 1 aromatic carbocycles. The van der Waals surface area contributed by atoms with Gasteiger partial charge in [0.25, 0.3) is 0 Å². The van der Waals surface area contributed by atoms with Crippen LogP contribution in [0.15, 0.2) is 18.2 Å². The maximum atomic E-state index is 11.5. The predicted molar refractivity (Wildman–Crippen MR) is 70.7 cm³/mol. The molecule has 2 rings (SSSR count). The van der Waals surface area contributed by atoms with Crippen LogP contribution in [0.5, 0.6) is 0 Å². The summed E-state index contributed by atoms with van der Waals surface area (Å²) < 4.78 is 0. The van der Waals surface area contributed by atoms with Gasteiger partial charge in [0.1, 0.15) is 0 Å². The minimum Gasteiger partial charge on any atom is -0.326 e. The van der Waals surface area contributed by atoms with Crippen LogP contribution in [0.2, 0.25) is 0 Å². The van der Waals surface area contributed by atoms with E-state index in [-0.39, 0.29) is 17.6 Å². The molecular weight excluding hydrogens is 236 g/mol. The van der Waals surface area contributed by atoms with Crippen LogP contribution >= 0.6 is 12.6 Å². The Bertz CT molecular complexity index is 474. The fourth-order valence-electron chi connectivity index (χ4n) is 1.83. The van der Waals surface area contributed by atoms with Gasteiger partial charge in [0.2, 0.25) is 11.8 Å². The second-order valence-electron chi connectivity index (χ2n) is 4.00. The third-order valence-electron chi connectivity index (χ3n) is 2.88. The van der Waals surface area contributed by atoms with E-state index < -0.39 is 0 Å². The van der Waals surface area contributed by atoms with Crippen molar-refractivity contribution in [3.63, 3.8) is 0 Å². The molecule has 0 atom stereocenters. The third kappa shape index (κ3) is 2.44. The Morgan fingerprint density at radius 1 is 1.47 bits per heavy atom. The number of aryl methyl sites for hydroxylation is 1. The van der Waals surface area contributed by atoms with Crippen molar-refractivity contribution in [2.75, 3.05) is 23.0 Å². The minimum atomic E-state index is -0.0480. The number of hydrogen-bond acceptors (Lipinski definition) is 3. The van der Waals surface area contributed by atoms with Crippen LogP contribution in [0.3, 0.4) is 0 Å². The summed E-state index contributed by atoms with van der Waals surface area (Å²) in [4.78, 5) is 24.3. The number of nitrogens with zero attached hydrogens (tertiary/aromatic N) is 1. The smallest absolute Gasteiger partial charge is 0.236 e. The fourth-order valence-corrected chi connectivity index (χ4v) is 2.04. The molecule has 0 saturated carbocycles. The highest BCUT2D eigenvalue weighted by Crippen LogP contribution is 2.27. The third-order valence-corrected chi connectivity index (χ3v) is 3.15. The van der Waals surface area contributed by atoms with Gasteiger partial charge in [-0.1, -0.05) is 0 Å². The van der Waals surface area contributed by atoms with E-state index in [2.05, 4.69) is 17.9 Å². The molecule has 0 bridgehead atoms. The first-order valence-electron chi connectivity index (χ1n) is 5.42. The van der Waals surface area contributed by atoms with Crippen LogP contribution in [0.25, 0.3) is 0 Å². The van der Waals surface area contributed by atoms with Crippen molar-refractivity contribution in [1.29, 1.82) is 0 Å². The summed E-state index contributed by atoms with van der Waals surface area (Å²) in [5.41, 5.74) is 2.75. The first-order chi connectivity index (χ1) is 8.11. The highest BCUT2D eigenvalue weighted by molar-refractivity contribution is 7.81. The second-order valence-corrected chi connectivity index (χ2v) is 4.32. The van der Waals surface area contributed by atoms with E-state index >= 15 is 0 Å². The van der Waals surface area contributed by atoms with Crippen LogP contribution in [0.4, 0.5) is 11.4 Å². The Kier molecular flexibility index (Phi) is 3.38. The fraction of sp³-hybridized carbons (Fsp3) is 0.333. The molecule has 0 aromatic heterocycles. The molecule has 1 heterocycles. The van der Waals surface area contributed by atoms with E-state index in [4.69, 9.17) is 0 Å². The van der Waals surface area contributed by atoms with E-state index in [1.807, 2.05) is 18.2 Å². The number of hydrogen-bond donors (Lipinski definition) is 2. The van der Waals surface area contributed by atoms with Crippen molar-refractivity contribution in [3.8, 4) is 0 Å². The SMILES string of the molecule is CN(C(=O)CS)c1ccc2c(c1)CCC(=O)N2. The van der Waals surface area contributed by atoms with Crippen molar-refractivity contribution in [3.05, 3.63) is 23.8 Å². The van der Waals surface area contributed by atoms with Gasteiger partial charge in [-0.15, -0.1) is 0 Å². The number of nitrogens with one attached hydrogen (secondary N) is 1. The lowest BCUT2D eigenvalue weighted by molar-refractivity contribution is -0.117. The summed E-state index contributed by atoms with van der Waals surface area (Å²) in [6.45, 7) is 0. The largest absolute Gasteiger partial charge is 0.326 e. The zero-order valence-electron chi connectivity index (χ0n) is 9.56. The molecule has 0 aliphatic carbocycles. The Labute approximate surface area is 105 Å². The van der Waals surface area contributed by atoms with Crippen LogP contribution in [0, 0.1) is 0 Å². The molecule has 90 valence electrons. The van der Waals surface area contributed by atoms with Crippen LogP contribution in [-0.4, -0.2) is 24.6 Å². The molecule has 2 amide bonds. The first-order valence-corrected chi connectivity index (χ1v) is 6.05. The van der Waals surface area contributed by atoms with Gasteiger partial charge in [-0.2, -0.15) is 12.6 Å². The average Bonchev–Trinajstić information content (AvgIpc) is 2.36. The lowest BCUT2D eigenvalue weighted by atomic mass is 10.0.